The number of nitrogens with zero attached hydrogens (tertiary/aromatic N) is 2. The number of hydrogen-bond acceptors (Lipinski definition) is 5. The van der Waals surface area contributed by atoms with E-state index in [1.165, 1.54) is 5.56 Å². The summed E-state index contributed by atoms with van der Waals surface area (Å²) in [5, 5.41) is 11.2. The summed E-state index contributed by atoms with van der Waals surface area (Å²) in [4.78, 5) is 7.35. The van der Waals surface area contributed by atoms with Gasteiger partial charge in [-0.15, -0.1) is 0 Å². The van der Waals surface area contributed by atoms with Gasteiger partial charge >= 0.3 is 0 Å². The molecule has 1 aromatic heterocycles. The molecular formula is C24H28N2O3. The quantitative estimate of drug-likeness (QED) is 0.706. The Hall–Kier alpha value is -2.63. The van der Waals surface area contributed by atoms with Gasteiger partial charge in [0.1, 0.15) is 0 Å². The van der Waals surface area contributed by atoms with Gasteiger partial charge < -0.3 is 14.6 Å². The zero-order valence-corrected chi connectivity index (χ0v) is 17.3. The van der Waals surface area contributed by atoms with Crippen molar-refractivity contribution in [3.8, 4) is 22.8 Å². The maximum Gasteiger partial charge on any atom is 0.161 e. The summed E-state index contributed by atoms with van der Waals surface area (Å²) in [5.41, 5.74) is 5.28. The third-order valence-electron chi connectivity index (χ3n) is 5.58. The Morgan fingerprint density at radius 2 is 1.90 bits per heavy atom. The summed E-state index contributed by atoms with van der Waals surface area (Å²) >= 11 is 0. The molecule has 0 spiro atoms. The summed E-state index contributed by atoms with van der Waals surface area (Å²) in [6.45, 7) is 4.55. The minimum Gasteiger partial charge on any atom is -0.493 e. The normalized spacial score (nSPS) is 17.4. The molecular weight excluding hydrogens is 364 g/mol. The van der Waals surface area contributed by atoms with E-state index in [0.717, 1.165) is 53.7 Å². The number of likely N-dealkylation sites (tertiary alicyclic amines) is 1. The van der Waals surface area contributed by atoms with Crippen molar-refractivity contribution >= 4 is 10.9 Å². The van der Waals surface area contributed by atoms with E-state index < -0.39 is 0 Å². The number of pyridine rings is 1. The third-order valence-corrected chi connectivity index (χ3v) is 5.58. The van der Waals surface area contributed by atoms with E-state index >= 15 is 0 Å². The van der Waals surface area contributed by atoms with Crippen LogP contribution >= 0.6 is 0 Å². The lowest BCUT2D eigenvalue weighted by molar-refractivity contribution is 0.0669. The molecule has 1 atom stereocenters. The largest absolute Gasteiger partial charge is 0.493 e. The van der Waals surface area contributed by atoms with Crippen LogP contribution in [0.1, 0.15) is 24.0 Å². The Kier molecular flexibility index (Phi) is 5.69. The number of hydrogen-bond donors (Lipinski definition) is 1. The number of ether oxygens (including phenoxy) is 2. The number of β-amino-alcohol motifs (C(OH)–C–C–N with tert-alkyl or cyclic N) is 1. The molecule has 0 unspecified atom stereocenters. The summed E-state index contributed by atoms with van der Waals surface area (Å²) in [6, 6.07) is 14.5. The first-order chi connectivity index (χ1) is 14.1. The second-order valence-electron chi connectivity index (χ2n) is 7.79. The smallest absolute Gasteiger partial charge is 0.161 e. The average Bonchev–Trinajstić information content (AvgIpc) is 2.73. The molecule has 152 valence electrons. The zero-order valence-electron chi connectivity index (χ0n) is 17.3. The molecule has 2 aromatic carbocycles. The third kappa shape index (κ3) is 4.21. The number of piperidine rings is 1. The van der Waals surface area contributed by atoms with Gasteiger partial charge in [0.2, 0.25) is 0 Å². The molecule has 2 heterocycles. The van der Waals surface area contributed by atoms with Gasteiger partial charge in [-0.1, -0.05) is 12.1 Å². The van der Waals surface area contributed by atoms with Crippen molar-refractivity contribution in [2.75, 3.05) is 27.3 Å². The SMILES string of the molecule is COc1ccc(-c2nc3cc(C)ccc3cc2CN2CCC[C@@H](O)C2)cc1OC. The van der Waals surface area contributed by atoms with Crippen LogP contribution in [0, 0.1) is 6.92 Å². The fourth-order valence-corrected chi connectivity index (χ4v) is 4.09. The predicted octanol–water partition coefficient (Wildman–Crippen LogP) is 4.18. The lowest BCUT2D eigenvalue weighted by atomic mass is 10.0. The fraction of sp³-hybridized carbons (Fsp3) is 0.375. The Labute approximate surface area is 171 Å². The lowest BCUT2D eigenvalue weighted by Crippen LogP contribution is -2.37. The lowest BCUT2D eigenvalue weighted by Gasteiger charge is -2.30. The van der Waals surface area contributed by atoms with E-state index in [9.17, 15) is 5.11 Å². The van der Waals surface area contributed by atoms with Crippen molar-refractivity contribution in [1.29, 1.82) is 0 Å². The summed E-state index contributed by atoms with van der Waals surface area (Å²) in [5.74, 6) is 1.39. The highest BCUT2D eigenvalue weighted by atomic mass is 16.5. The first-order valence-electron chi connectivity index (χ1n) is 10.1. The first-order valence-corrected chi connectivity index (χ1v) is 10.1. The van der Waals surface area contributed by atoms with Gasteiger partial charge in [-0.25, -0.2) is 4.98 Å². The second kappa shape index (κ2) is 8.39. The van der Waals surface area contributed by atoms with Crippen LogP contribution in [-0.4, -0.2) is 48.4 Å². The van der Waals surface area contributed by atoms with E-state index in [0.29, 0.717) is 18.0 Å². The molecule has 0 bridgehead atoms. The average molecular weight is 392 g/mol. The molecule has 0 radical (unpaired) electrons. The van der Waals surface area contributed by atoms with Crippen LogP contribution in [0.25, 0.3) is 22.2 Å². The maximum atomic E-state index is 10.1. The highest BCUT2D eigenvalue weighted by Gasteiger charge is 2.20. The highest BCUT2D eigenvalue weighted by Crippen LogP contribution is 2.34. The second-order valence-corrected chi connectivity index (χ2v) is 7.79. The van der Waals surface area contributed by atoms with Crippen LogP contribution in [0.3, 0.4) is 0 Å². The van der Waals surface area contributed by atoms with Crippen molar-refractivity contribution in [1.82, 2.24) is 9.88 Å². The van der Waals surface area contributed by atoms with Gasteiger partial charge in [-0.05, 0) is 67.8 Å². The standard InChI is InChI=1S/C24H28N2O3/c1-16-6-7-17-12-19(14-26-10-4-5-20(27)15-26)24(25-21(17)11-16)18-8-9-22(28-2)23(13-18)29-3/h6-9,11-13,20,27H,4-5,10,14-15H2,1-3H3/t20-/m1/s1. The number of benzene rings is 2. The van der Waals surface area contributed by atoms with Crippen molar-refractivity contribution in [3.05, 3.63) is 53.6 Å². The molecule has 0 aliphatic carbocycles. The number of aliphatic hydroxyl groups is 1. The highest BCUT2D eigenvalue weighted by molar-refractivity contribution is 5.84. The zero-order chi connectivity index (χ0) is 20.4. The number of fused-ring (bicyclic) bond motifs is 1. The molecule has 0 amide bonds. The van der Waals surface area contributed by atoms with Gasteiger partial charge in [-0.3, -0.25) is 4.90 Å². The summed E-state index contributed by atoms with van der Waals surface area (Å²) < 4.78 is 10.9. The van der Waals surface area contributed by atoms with Crippen LogP contribution in [0.2, 0.25) is 0 Å². The van der Waals surface area contributed by atoms with Gasteiger partial charge in [0.25, 0.3) is 0 Å². The number of aryl methyl sites for hydroxylation is 1. The van der Waals surface area contributed by atoms with Crippen LogP contribution in [-0.2, 0) is 6.54 Å². The van der Waals surface area contributed by atoms with Crippen molar-refractivity contribution in [2.45, 2.75) is 32.4 Å². The predicted molar refractivity (Wildman–Crippen MR) is 116 cm³/mol. The fourth-order valence-electron chi connectivity index (χ4n) is 4.09. The number of aliphatic hydroxyl groups excluding tert-OH is 1. The summed E-state index contributed by atoms with van der Waals surface area (Å²) in [7, 11) is 3.29. The van der Waals surface area contributed by atoms with Crippen LogP contribution in [0.4, 0.5) is 0 Å². The van der Waals surface area contributed by atoms with Gasteiger partial charge in [-0.2, -0.15) is 0 Å². The maximum absolute atomic E-state index is 10.1. The Bertz CT molecular complexity index is 1020. The van der Waals surface area contributed by atoms with E-state index in [2.05, 4.69) is 36.1 Å². The van der Waals surface area contributed by atoms with Crippen molar-refractivity contribution < 1.29 is 14.6 Å². The minimum absolute atomic E-state index is 0.246. The Morgan fingerprint density at radius 1 is 1.07 bits per heavy atom. The minimum atomic E-state index is -0.246. The van der Waals surface area contributed by atoms with E-state index in [1.807, 2.05) is 18.2 Å². The Morgan fingerprint density at radius 3 is 2.66 bits per heavy atom. The molecule has 1 saturated heterocycles. The molecule has 5 nitrogen and oxygen atoms in total. The number of aromatic nitrogens is 1. The number of rotatable bonds is 5. The molecule has 1 aliphatic rings. The van der Waals surface area contributed by atoms with E-state index in [4.69, 9.17) is 14.5 Å². The van der Waals surface area contributed by atoms with Gasteiger partial charge in [0.05, 0.1) is 31.5 Å². The van der Waals surface area contributed by atoms with Crippen LogP contribution in [0.5, 0.6) is 11.5 Å². The molecule has 1 aliphatic heterocycles. The van der Waals surface area contributed by atoms with Crippen molar-refractivity contribution in [2.24, 2.45) is 0 Å². The van der Waals surface area contributed by atoms with Gasteiger partial charge in [0, 0.05) is 24.0 Å². The molecule has 1 N–H and O–H groups in total. The monoisotopic (exact) mass is 392 g/mol. The molecule has 0 saturated carbocycles. The topological polar surface area (TPSA) is 54.8 Å². The van der Waals surface area contributed by atoms with Crippen molar-refractivity contribution in [3.63, 3.8) is 0 Å². The number of methoxy groups -OCH3 is 2. The molecule has 3 aromatic rings. The van der Waals surface area contributed by atoms with E-state index in [1.54, 1.807) is 14.2 Å². The Balaban J connectivity index is 1.81. The molecule has 1 fully saturated rings. The summed E-state index contributed by atoms with van der Waals surface area (Å²) in [6.07, 6.45) is 1.66. The molecule has 5 heteroatoms. The molecule has 4 rings (SSSR count). The first kappa shape index (κ1) is 19.7. The van der Waals surface area contributed by atoms with Crippen LogP contribution in [0.15, 0.2) is 42.5 Å². The molecule has 29 heavy (non-hydrogen) atoms. The van der Waals surface area contributed by atoms with Crippen LogP contribution < -0.4 is 9.47 Å². The van der Waals surface area contributed by atoms with E-state index in [-0.39, 0.29) is 6.10 Å². The van der Waals surface area contributed by atoms with Gasteiger partial charge in [0.15, 0.2) is 11.5 Å².